The zero-order chi connectivity index (χ0) is 12.0. The fourth-order valence-corrected chi connectivity index (χ4v) is 2.00. The summed E-state index contributed by atoms with van der Waals surface area (Å²) in [7, 11) is 0. The van der Waals surface area contributed by atoms with Crippen LogP contribution in [0.3, 0.4) is 0 Å². The van der Waals surface area contributed by atoms with E-state index in [4.69, 9.17) is 0 Å². The molecule has 0 aliphatic carbocycles. The predicted octanol–water partition coefficient (Wildman–Crippen LogP) is 2.20. The van der Waals surface area contributed by atoms with Gasteiger partial charge in [-0.05, 0) is 45.9 Å². The van der Waals surface area contributed by atoms with E-state index in [0.29, 0.717) is 12.5 Å². The third kappa shape index (κ3) is 7.17. The zero-order valence-electron chi connectivity index (χ0n) is 11.0. The SMILES string of the molecule is CSC(C)(C)CNC(=O)CCC1CCCN1.Cl. The van der Waals surface area contributed by atoms with Gasteiger partial charge in [0.1, 0.15) is 0 Å². The van der Waals surface area contributed by atoms with E-state index < -0.39 is 0 Å². The number of nitrogens with one attached hydrogen (secondary N) is 2. The van der Waals surface area contributed by atoms with Gasteiger partial charge in [0.25, 0.3) is 0 Å². The second-order valence-electron chi connectivity index (χ2n) is 5.07. The second kappa shape index (κ2) is 8.22. The van der Waals surface area contributed by atoms with Crippen molar-refractivity contribution in [1.29, 1.82) is 0 Å². The Labute approximate surface area is 115 Å². The van der Waals surface area contributed by atoms with E-state index in [1.54, 1.807) is 11.8 Å². The summed E-state index contributed by atoms with van der Waals surface area (Å²) >= 11 is 1.79. The Bertz CT molecular complexity index is 231. The fraction of sp³-hybridized carbons (Fsp3) is 0.917. The van der Waals surface area contributed by atoms with Crippen LogP contribution in [0.15, 0.2) is 0 Å². The van der Waals surface area contributed by atoms with Crippen LogP contribution in [0.25, 0.3) is 0 Å². The molecule has 1 amide bonds. The molecule has 5 heteroatoms. The number of rotatable bonds is 6. The molecule has 1 fully saturated rings. The van der Waals surface area contributed by atoms with Crippen molar-refractivity contribution in [2.45, 2.75) is 50.3 Å². The molecule has 2 N–H and O–H groups in total. The minimum atomic E-state index is 0. The first-order valence-electron chi connectivity index (χ1n) is 6.09. The van der Waals surface area contributed by atoms with Crippen LogP contribution in [0, 0.1) is 0 Å². The summed E-state index contributed by atoms with van der Waals surface area (Å²) in [6.07, 6.45) is 6.19. The summed E-state index contributed by atoms with van der Waals surface area (Å²) in [5.41, 5.74) is 0. The highest BCUT2D eigenvalue weighted by molar-refractivity contribution is 7.99. The van der Waals surface area contributed by atoms with Gasteiger partial charge in [-0.25, -0.2) is 0 Å². The summed E-state index contributed by atoms with van der Waals surface area (Å²) in [4.78, 5) is 11.6. The Morgan fingerprint density at radius 3 is 2.76 bits per heavy atom. The first-order chi connectivity index (χ1) is 7.53. The average molecular weight is 281 g/mol. The number of thioether (sulfide) groups is 1. The summed E-state index contributed by atoms with van der Waals surface area (Å²) < 4.78 is 0.140. The van der Waals surface area contributed by atoms with E-state index in [-0.39, 0.29) is 23.1 Å². The van der Waals surface area contributed by atoms with Gasteiger partial charge >= 0.3 is 0 Å². The highest BCUT2D eigenvalue weighted by Crippen LogP contribution is 2.19. The maximum atomic E-state index is 11.6. The van der Waals surface area contributed by atoms with Gasteiger partial charge in [0.15, 0.2) is 0 Å². The lowest BCUT2D eigenvalue weighted by Gasteiger charge is -2.22. The summed E-state index contributed by atoms with van der Waals surface area (Å²) in [6, 6.07) is 0.569. The lowest BCUT2D eigenvalue weighted by atomic mass is 10.1. The second-order valence-corrected chi connectivity index (χ2v) is 6.59. The molecule has 17 heavy (non-hydrogen) atoms. The largest absolute Gasteiger partial charge is 0.355 e. The topological polar surface area (TPSA) is 41.1 Å². The number of hydrogen-bond acceptors (Lipinski definition) is 3. The van der Waals surface area contributed by atoms with E-state index >= 15 is 0 Å². The molecule has 0 saturated carbocycles. The number of carbonyl (C=O) groups excluding carboxylic acids is 1. The molecule has 0 aromatic heterocycles. The first-order valence-corrected chi connectivity index (χ1v) is 7.31. The van der Waals surface area contributed by atoms with Crippen molar-refractivity contribution in [1.82, 2.24) is 10.6 Å². The Kier molecular flexibility index (Phi) is 8.25. The normalized spacial score (nSPS) is 19.8. The van der Waals surface area contributed by atoms with E-state index in [1.165, 1.54) is 12.8 Å². The molecule has 102 valence electrons. The van der Waals surface area contributed by atoms with Crippen molar-refractivity contribution in [3.63, 3.8) is 0 Å². The Morgan fingerprint density at radius 2 is 2.24 bits per heavy atom. The molecule has 0 bridgehead atoms. The molecule has 0 aromatic rings. The molecule has 1 rings (SSSR count). The van der Waals surface area contributed by atoms with Gasteiger partial charge < -0.3 is 10.6 Å². The number of carbonyl (C=O) groups is 1. The minimum Gasteiger partial charge on any atom is -0.355 e. The molecule has 1 aliphatic rings. The van der Waals surface area contributed by atoms with Gasteiger partial charge in [-0.1, -0.05) is 0 Å². The van der Waals surface area contributed by atoms with E-state index in [9.17, 15) is 4.79 Å². The van der Waals surface area contributed by atoms with E-state index in [1.807, 2.05) is 0 Å². The number of halogens is 1. The molecule has 0 radical (unpaired) electrons. The molecule has 0 spiro atoms. The third-order valence-corrected chi connectivity index (χ3v) is 4.40. The van der Waals surface area contributed by atoms with E-state index in [2.05, 4.69) is 30.7 Å². The molecule has 1 unspecified atom stereocenters. The van der Waals surface area contributed by atoms with Gasteiger partial charge in [-0.2, -0.15) is 11.8 Å². The van der Waals surface area contributed by atoms with Crippen LogP contribution in [0.4, 0.5) is 0 Å². The van der Waals surface area contributed by atoms with Crippen molar-refractivity contribution in [2.75, 3.05) is 19.3 Å². The molecule has 1 saturated heterocycles. The molecule has 1 atom stereocenters. The van der Waals surface area contributed by atoms with Crippen LogP contribution in [0.5, 0.6) is 0 Å². The lowest BCUT2D eigenvalue weighted by Crippen LogP contribution is -2.36. The zero-order valence-corrected chi connectivity index (χ0v) is 12.7. The fourth-order valence-electron chi connectivity index (χ4n) is 1.78. The Morgan fingerprint density at radius 1 is 1.53 bits per heavy atom. The predicted molar refractivity (Wildman–Crippen MR) is 78.1 cm³/mol. The number of amides is 1. The van der Waals surface area contributed by atoms with Crippen molar-refractivity contribution in [3.05, 3.63) is 0 Å². The van der Waals surface area contributed by atoms with Crippen LogP contribution in [0.2, 0.25) is 0 Å². The van der Waals surface area contributed by atoms with Gasteiger partial charge in [0.05, 0.1) is 0 Å². The average Bonchev–Trinajstić information content (AvgIpc) is 2.76. The van der Waals surface area contributed by atoms with Gasteiger partial charge in [0, 0.05) is 23.8 Å². The Balaban J connectivity index is 0.00000256. The van der Waals surface area contributed by atoms with Gasteiger partial charge in [-0.15, -0.1) is 12.4 Å². The maximum Gasteiger partial charge on any atom is 0.220 e. The monoisotopic (exact) mass is 280 g/mol. The van der Waals surface area contributed by atoms with Gasteiger partial charge in [0.2, 0.25) is 5.91 Å². The summed E-state index contributed by atoms with van der Waals surface area (Å²) in [6.45, 7) is 6.17. The third-order valence-electron chi connectivity index (χ3n) is 3.15. The van der Waals surface area contributed by atoms with Crippen molar-refractivity contribution >= 4 is 30.1 Å². The number of hydrogen-bond donors (Lipinski definition) is 2. The Hall–Kier alpha value is 0.0700. The van der Waals surface area contributed by atoms with Gasteiger partial charge in [-0.3, -0.25) is 4.79 Å². The summed E-state index contributed by atoms with van der Waals surface area (Å²) in [5.74, 6) is 0.191. The highest BCUT2D eigenvalue weighted by atomic mass is 35.5. The van der Waals surface area contributed by atoms with Crippen LogP contribution in [-0.2, 0) is 4.79 Å². The lowest BCUT2D eigenvalue weighted by molar-refractivity contribution is -0.121. The maximum absolute atomic E-state index is 11.6. The molecule has 1 aliphatic heterocycles. The first kappa shape index (κ1) is 17.1. The van der Waals surface area contributed by atoms with E-state index in [0.717, 1.165) is 19.5 Å². The van der Waals surface area contributed by atoms with Crippen molar-refractivity contribution in [3.8, 4) is 0 Å². The minimum absolute atomic E-state index is 0. The van der Waals surface area contributed by atoms with Crippen molar-refractivity contribution < 1.29 is 4.79 Å². The standard InChI is InChI=1S/C12H24N2OS.ClH/c1-12(2,16-3)9-14-11(15)7-6-10-5-4-8-13-10;/h10,13H,4-9H2,1-3H3,(H,14,15);1H. The molecular weight excluding hydrogens is 256 g/mol. The molecule has 1 heterocycles. The quantitative estimate of drug-likeness (QED) is 0.784. The van der Waals surface area contributed by atoms with Crippen LogP contribution >= 0.6 is 24.2 Å². The molecular formula is C12H25ClN2OS. The smallest absolute Gasteiger partial charge is 0.220 e. The van der Waals surface area contributed by atoms with Crippen molar-refractivity contribution in [2.24, 2.45) is 0 Å². The van der Waals surface area contributed by atoms with Crippen LogP contribution in [0.1, 0.15) is 39.5 Å². The highest BCUT2D eigenvalue weighted by Gasteiger charge is 2.18. The molecule has 3 nitrogen and oxygen atoms in total. The molecule has 0 aromatic carbocycles. The van der Waals surface area contributed by atoms with Crippen LogP contribution < -0.4 is 10.6 Å². The van der Waals surface area contributed by atoms with Crippen LogP contribution in [-0.4, -0.2) is 36.0 Å². The summed E-state index contributed by atoms with van der Waals surface area (Å²) in [5, 5.41) is 6.42.